The summed E-state index contributed by atoms with van der Waals surface area (Å²) in [6.45, 7) is 13.9. The van der Waals surface area contributed by atoms with E-state index >= 15 is 0 Å². The van der Waals surface area contributed by atoms with Crippen LogP contribution in [-0.2, 0) is 13.1 Å². The van der Waals surface area contributed by atoms with Crippen molar-refractivity contribution in [3.8, 4) is 0 Å². The van der Waals surface area contributed by atoms with Gasteiger partial charge in [0, 0.05) is 24.3 Å². The van der Waals surface area contributed by atoms with Crippen molar-refractivity contribution < 1.29 is 4.79 Å². The minimum atomic E-state index is 0.0732. The van der Waals surface area contributed by atoms with Crippen molar-refractivity contribution in [2.45, 2.75) is 85.2 Å². The third-order valence-corrected chi connectivity index (χ3v) is 7.70. The number of Topliss-reactive ketones (excluding diaryl/α,β-unsaturated/α-hetero) is 1. The summed E-state index contributed by atoms with van der Waals surface area (Å²) in [5.74, 6) is 0.925. The van der Waals surface area contributed by atoms with Crippen LogP contribution in [0.4, 0.5) is 11.6 Å². The first-order valence-corrected chi connectivity index (χ1v) is 14.9. The number of ketones is 1. The maximum Gasteiger partial charge on any atom is 0.208 e. The SMILES string of the molecule is CCCCN(CCCC)Cc1ccc2nc(Nc3cccc(C(C)=O)c3)n(CCCN3CCCCC3)c2c1. The Morgan fingerprint density at radius 3 is 2.42 bits per heavy atom. The zero-order chi connectivity index (χ0) is 26.7. The molecule has 0 radical (unpaired) electrons. The van der Waals surface area contributed by atoms with Gasteiger partial charge in [0.25, 0.3) is 0 Å². The number of carbonyl (C=O) groups is 1. The molecule has 1 aliphatic heterocycles. The molecule has 6 nitrogen and oxygen atoms in total. The molecule has 1 N–H and O–H groups in total. The zero-order valence-electron chi connectivity index (χ0n) is 23.8. The van der Waals surface area contributed by atoms with Crippen molar-refractivity contribution in [3.05, 3.63) is 53.6 Å². The second kappa shape index (κ2) is 14.5. The second-order valence-corrected chi connectivity index (χ2v) is 10.9. The molecule has 0 atom stereocenters. The number of likely N-dealkylation sites (tertiary alicyclic amines) is 1. The van der Waals surface area contributed by atoms with E-state index in [9.17, 15) is 4.79 Å². The molecule has 1 fully saturated rings. The van der Waals surface area contributed by atoms with Gasteiger partial charge in [-0.3, -0.25) is 9.69 Å². The van der Waals surface area contributed by atoms with Gasteiger partial charge in [0.2, 0.25) is 5.95 Å². The van der Waals surface area contributed by atoms with E-state index in [1.54, 1.807) is 6.92 Å². The number of carbonyl (C=O) groups excluding carboxylic acids is 1. The van der Waals surface area contributed by atoms with Crippen LogP contribution < -0.4 is 5.32 Å². The topological polar surface area (TPSA) is 53.4 Å². The van der Waals surface area contributed by atoms with Crippen LogP contribution in [0.15, 0.2) is 42.5 Å². The molecule has 1 saturated heterocycles. The molecule has 0 amide bonds. The van der Waals surface area contributed by atoms with Crippen LogP contribution >= 0.6 is 0 Å². The molecule has 0 unspecified atom stereocenters. The van der Waals surface area contributed by atoms with Crippen molar-refractivity contribution in [1.82, 2.24) is 19.4 Å². The van der Waals surface area contributed by atoms with Gasteiger partial charge in [-0.2, -0.15) is 0 Å². The molecule has 0 bridgehead atoms. The quantitative estimate of drug-likeness (QED) is 0.215. The average Bonchev–Trinajstić information content (AvgIpc) is 3.27. The van der Waals surface area contributed by atoms with Gasteiger partial charge in [0.15, 0.2) is 5.78 Å². The minimum absolute atomic E-state index is 0.0732. The number of nitrogens with one attached hydrogen (secondary N) is 1. The van der Waals surface area contributed by atoms with E-state index < -0.39 is 0 Å². The van der Waals surface area contributed by atoms with Crippen molar-refractivity contribution in [2.24, 2.45) is 0 Å². The smallest absolute Gasteiger partial charge is 0.208 e. The Morgan fingerprint density at radius 1 is 0.947 bits per heavy atom. The van der Waals surface area contributed by atoms with E-state index in [-0.39, 0.29) is 5.78 Å². The Morgan fingerprint density at radius 2 is 1.71 bits per heavy atom. The summed E-state index contributed by atoms with van der Waals surface area (Å²) in [7, 11) is 0. The number of aryl methyl sites for hydroxylation is 1. The van der Waals surface area contributed by atoms with Crippen LogP contribution in [0.2, 0.25) is 0 Å². The van der Waals surface area contributed by atoms with E-state index in [4.69, 9.17) is 4.98 Å². The maximum absolute atomic E-state index is 11.9. The molecule has 206 valence electrons. The minimum Gasteiger partial charge on any atom is -0.326 e. The summed E-state index contributed by atoms with van der Waals surface area (Å²) in [4.78, 5) is 22.2. The Kier molecular flexibility index (Phi) is 10.8. The van der Waals surface area contributed by atoms with Crippen LogP contribution in [0.25, 0.3) is 11.0 Å². The molecule has 2 aromatic carbocycles. The van der Waals surface area contributed by atoms with Crippen molar-refractivity contribution in [1.29, 1.82) is 0 Å². The van der Waals surface area contributed by atoms with Crippen LogP contribution in [-0.4, -0.2) is 57.9 Å². The molecule has 1 aliphatic rings. The molecule has 1 aromatic heterocycles. The largest absolute Gasteiger partial charge is 0.326 e. The summed E-state index contributed by atoms with van der Waals surface area (Å²) in [5, 5.41) is 3.54. The molecule has 2 heterocycles. The fourth-order valence-corrected chi connectivity index (χ4v) is 5.46. The van der Waals surface area contributed by atoms with E-state index in [1.807, 2.05) is 24.3 Å². The third-order valence-electron chi connectivity index (χ3n) is 7.70. The number of fused-ring (bicyclic) bond motifs is 1. The van der Waals surface area contributed by atoms with E-state index in [0.717, 1.165) is 56.3 Å². The average molecular weight is 518 g/mol. The Bertz CT molecular complexity index is 1160. The van der Waals surface area contributed by atoms with Crippen LogP contribution in [0.3, 0.4) is 0 Å². The van der Waals surface area contributed by atoms with Crippen LogP contribution in [0.5, 0.6) is 0 Å². The first-order chi connectivity index (χ1) is 18.6. The van der Waals surface area contributed by atoms with Gasteiger partial charge < -0.3 is 14.8 Å². The second-order valence-electron chi connectivity index (χ2n) is 10.9. The van der Waals surface area contributed by atoms with Gasteiger partial charge in [0.1, 0.15) is 0 Å². The van der Waals surface area contributed by atoms with Crippen molar-refractivity contribution in [2.75, 3.05) is 38.0 Å². The van der Waals surface area contributed by atoms with Gasteiger partial charge in [-0.1, -0.05) is 51.3 Å². The number of unbranched alkanes of at least 4 members (excludes halogenated alkanes) is 2. The molecule has 6 heteroatoms. The van der Waals surface area contributed by atoms with Gasteiger partial charge >= 0.3 is 0 Å². The van der Waals surface area contributed by atoms with Gasteiger partial charge in [-0.15, -0.1) is 0 Å². The summed E-state index contributed by atoms with van der Waals surface area (Å²) < 4.78 is 2.35. The number of anilines is 2. The Labute approximate surface area is 229 Å². The molecule has 3 aromatic rings. The molecular weight excluding hydrogens is 470 g/mol. The summed E-state index contributed by atoms with van der Waals surface area (Å²) in [5.41, 5.74) is 5.18. The highest BCUT2D eigenvalue weighted by Crippen LogP contribution is 2.26. The number of rotatable bonds is 15. The number of aromatic nitrogens is 2. The van der Waals surface area contributed by atoms with Crippen LogP contribution in [0, 0.1) is 0 Å². The molecule has 0 aliphatic carbocycles. The standard InChI is InChI=1S/C32H47N5O/c1-4-6-17-36(18-7-5-2)25-27-15-16-30-31(23-27)37(22-12-21-35-19-9-8-10-20-35)32(34-30)33-29-14-11-13-28(24-29)26(3)38/h11,13-16,23-24H,4-10,12,17-22,25H2,1-3H3,(H,33,34). The molecule has 0 spiro atoms. The van der Waals surface area contributed by atoms with E-state index in [1.165, 1.54) is 69.1 Å². The fraction of sp³-hybridized carbons (Fsp3) is 0.562. The predicted molar refractivity (Wildman–Crippen MR) is 159 cm³/mol. The zero-order valence-corrected chi connectivity index (χ0v) is 23.8. The lowest BCUT2D eigenvalue weighted by atomic mass is 10.1. The highest BCUT2D eigenvalue weighted by atomic mass is 16.1. The van der Waals surface area contributed by atoms with E-state index in [2.05, 4.69) is 51.7 Å². The number of imidazole rings is 1. The Hall–Kier alpha value is -2.70. The number of hydrogen-bond donors (Lipinski definition) is 1. The first kappa shape index (κ1) is 28.3. The third kappa shape index (κ3) is 7.90. The predicted octanol–water partition coefficient (Wildman–Crippen LogP) is 7.26. The highest BCUT2D eigenvalue weighted by molar-refractivity contribution is 5.95. The van der Waals surface area contributed by atoms with Crippen molar-refractivity contribution in [3.63, 3.8) is 0 Å². The molecule has 38 heavy (non-hydrogen) atoms. The number of hydrogen-bond acceptors (Lipinski definition) is 5. The molecular formula is C32H47N5O. The number of piperidine rings is 1. The fourth-order valence-electron chi connectivity index (χ4n) is 5.46. The van der Waals surface area contributed by atoms with Crippen LogP contribution in [0.1, 0.15) is 88.1 Å². The number of benzene rings is 2. The van der Waals surface area contributed by atoms with Gasteiger partial charge in [-0.25, -0.2) is 4.98 Å². The molecule has 4 rings (SSSR count). The summed E-state index contributed by atoms with van der Waals surface area (Å²) in [6, 6.07) is 14.5. The monoisotopic (exact) mass is 517 g/mol. The lowest BCUT2D eigenvalue weighted by molar-refractivity contribution is 0.101. The lowest BCUT2D eigenvalue weighted by Crippen LogP contribution is -2.31. The Balaban J connectivity index is 1.59. The van der Waals surface area contributed by atoms with E-state index in [0.29, 0.717) is 5.56 Å². The molecule has 0 saturated carbocycles. The summed E-state index contributed by atoms with van der Waals surface area (Å²) >= 11 is 0. The van der Waals surface area contributed by atoms with Gasteiger partial charge in [0.05, 0.1) is 11.0 Å². The highest BCUT2D eigenvalue weighted by Gasteiger charge is 2.15. The maximum atomic E-state index is 11.9. The normalized spacial score (nSPS) is 14.4. The number of nitrogens with zero attached hydrogens (tertiary/aromatic N) is 4. The lowest BCUT2D eigenvalue weighted by Gasteiger charge is -2.26. The van der Waals surface area contributed by atoms with Gasteiger partial charge in [-0.05, 0) is 102 Å². The first-order valence-electron chi connectivity index (χ1n) is 14.9. The van der Waals surface area contributed by atoms with Crippen molar-refractivity contribution >= 4 is 28.5 Å². The summed E-state index contributed by atoms with van der Waals surface area (Å²) in [6.07, 6.45) is 10.0.